The maximum atomic E-state index is 12.4. The van der Waals surface area contributed by atoms with E-state index in [0.717, 1.165) is 16.7 Å². The van der Waals surface area contributed by atoms with Crippen molar-refractivity contribution in [3.05, 3.63) is 70.3 Å². The zero-order valence-electron chi connectivity index (χ0n) is 12.9. The van der Waals surface area contributed by atoms with Crippen molar-refractivity contribution >= 4 is 11.9 Å². The lowest BCUT2D eigenvalue weighted by Crippen LogP contribution is -2.02. The van der Waals surface area contributed by atoms with Gasteiger partial charge < -0.3 is 4.74 Å². The van der Waals surface area contributed by atoms with E-state index in [4.69, 9.17) is 4.74 Å². The average molecular weight is 291 g/mol. The van der Waals surface area contributed by atoms with Gasteiger partial charge in [-0.2, -0.15) is 5.26 Å². The number of ketones is 1. The fraction of sp³-hybridized carbons (Fsp3) is 0.158. The van der Waals surface area contributed by atoms with Crippen LogP contribution in [0.5, 0.6) is 5.75 Å². The van der Waals surface area contributed by atoms with Crippen LogP contribution in [0.4, 0.5) is 0 Å². The van der Waals surface area contributed by atoms with Crippen molar-refractivity contribution in [1.82, 2.24) is 0 Å². The Morgan fingerprint density at radius 3 is 2.36 bits per heavy atom. The predicted octanol–water partition coefficient (Wildman–Crippen LogP) is 4.10. The first kappa shape index (κ1) is 15.5. The molecule has 2 rings (SSSR count). The van der Waals surface area contributed by atoms with Crippen molar-refractivity contribution in [2.45, 2.75) is 13.8 Å². The zero-order valence-corrected chi connectivity index (χ0v) is 12.9. The second-order valence-electron chi connectivity index (χ2n) is 5.09. The molecule has 0 heterocycles. The van der Waals surface area contributed by atoms with Gasteiger partial charge in [0, 0.05) is 5.56 Å². The molecule has 0 aliphatic rings. The molecule has 0 amide bonds. The van der Waals surface area contributed by atoms with Gasteiger partial charge >= 0.3 is 0 Å². The maximum absolute atomic E-state index is 12.4. The van der Waals surface area contributed by atoms with Crippen LogP contribution in [0.25, 0.3) is 6.08 Å². The third kappa shape index (κ3) is 3.42. The van der Waals surface area contributed by atoms with Gasteiger partial charge in [-0.3, -0.25) is 4.79 Å². The molecular weight excluding hydrogens is 274 g/mol. The molecule has 0 aromatic heterocycles. The first-order valence-electron chi connectivity index (χ1n) is 6.93. The highest BCUT2D eigenvalue weighted by Gasteiger charge is 2.12. The Labute approximate surface area is 130 Å². The fourth-order valence-corrected chi connectivity index (χ4v) is 2.19. The van der Waals surface area contributed by atoms with E-state index < -0.39 is 0 Å². The minimum Gasteiger partial charge on any atom is -0.497 e. The Bertz CT molecular complexity index is 765. The van der Waals surface area contributed by atoms with Crippen LogP contribution in [0.3, 0.4) is 0 Å². The van der Waals surface area contributed by atoms with Crippen molar-refractivity contribution in [2.75, 3.05) is 7.11 Å². The van der Waals surface area contributed by atoms with Crippen molar-refractivity contribution < 1.29 is 9.53 Å². The first-order chi connectivity index (χ1) is 10.5. The van der Waals surface area contributed by atoms with E-state index in [-0.39, 0.29) is 11.4 Å². The number of benzene rings is 2. The van der Waals surface area contributed by atoms with Gasteiger partial charge in [0.05, 0.1) is 7.11 Å². The zero-order chi connectivity index (χ0) is 16.1. The van der Waals surface area contributed by atoms with Gasteiger partial charge in [0.15, 0.2) is 0 Å². The minimum atomic E-state index is -0.287. The molecule has 0 spiro atoms. The highest BCUT2D eigenvalue weighted by Crippen LogP contribution is 2.18. The number of nitrogens with zero attached hydrogens (tertiary/aromatic N) is 1. The summed E-state index contributed by atoms with van der Waals surface area (Å²) in [4.78, 5) is 12.4. The lowest BCUT2D eigenvalue weighted by atomic mass is 9.99. The Morgan fingerprint density at radius 1 is 1.14 bits per heavy atom. The second-order valence-corrected chi connectivity index (χ2v) is 5.09. The summed E-state index contributed by atoms with van der Waals surface area (Å²) in [5.41, 5.74) is 3.66. The Hall–Kier alpha value is -2.86. The molecule has 2 aromatic rings. The number of hydrogen-bond acceptors (Lipinski definition) is 3. The van der Waals surface area contributed by atoms with E-state index in [0.29, 0.717) is 11.3 Å². The molecule has 0 aliphatic heterocycles. The van der Waals surface area contributed by atoms with Crippen molar-refractivity contribution in [3.8, 4) is 11.8 Å². The summed E-state index contributed by atoms with van der Waals surface area (Å²) >= 11 is 0. The third-order valence-corrected chi connectivity index (χ3v) is 3.44. The molecule has 0 radical (unpaired) electrons. The number of carbonyl (C=O) groups is 1. The Kier molecular flexibility index (Phi) is 4.75. The van der Waals surface area contributed by atoms with Crippen LogP contribution in [0.2, 0.25) is 0 Å². The van der Waals surface area contributed by atoms with E-state index in [9.17, 15) is 10.1 Å². The van der Waals surface area contributed by atoms with Crippen LogP contribution in [-0.2, 0) is 0 Å². The minimum absolute atomic E-state index is 0.122. The molecule has 3 nitrogen and oxygen atoms in total. The number of hydrogen-bond donors (Lipinski definition) is 0. The summed E-state index contributed by atoms with van der Waals surface area (Å²) < 4.78 is 5.07. The highest BCUT2D eigenvalue weighted by molar-refractivity contribution is 6.14. The molecule has 0 N–H and O–H groups in total. The van der Waals surface area contributed by atoms with Gasteiger partial charge in [-0.25, -0.2) is 0 Å². The van der Waals surface area contributed by atoms with Gasteiger partial charge in [-0.1, -0.05) is 23.8 Å². The van der Waals surface area contributed by atoms with Crippen LogP contribution in [0, 0.1) is 25.2 Å². The number of aryl methyl sites for hydroxylation is 2. The Morgan fingerprint density at radius 2 is 1.82 bits per heavy atom. The van der Waals surface area contributed by atoms with Crippen LogP contribution in [0.1, 0.15) is 27.0 Å². The topological polar surface area (TPSA) is 50.1 Å². The summed E-state index contributed by atoms with van der Waals surface area (Å²) in [5.74, 6) is 0.388. The van der Waals surface area contributed by atoms with Crippen molar-refractivity contribution in [3.63, 3.8) is 0 Å². The number of rotatable bonds is 4. The number of ether oxygens (including phenoxy) is 1. The smallest absolute Gasteiger partial charge is 0.203 e. The second kappa shape index (κ2) is 6.73. The molecular formula is C19H17NO2. The lowest BCUT2D eigenvalue weighted by Gasteiger charge is -2.04. The standard InChI is InChI=1S/C19H17NO2/c1-13-4-5-16(14(2)10-13)11-17(12-20)19(21)15-6-8-18(22-3)9-7-15/h4-11H,1-3H3/b17-11+. The van der Waals surface area contributed by atoms with Crippen LogP contribution in [0.15, 0.2) is 48.0 Å². The monoisotopic (exact) mass is 291 g/mol. The van der Waals surface area contributed by atoms with Gasteiger partial charge in [0.1, 0.15) is 17.4 Å². The fourth-order valence-electron chi connectivity index (χ4n) is 2.19. The quantitative estimate of drug-likeness (QED) is 0.484. The average Bonchev–Trinajstić information content (AvgIpc) is 2.54. The number of nitriles is 1. The molecule has 0 bridgehead atoms. The number of methoxy groups -OCH3 is 1. The molecule has 3 heteroatoms. The molecule has 0 fully saturated rings. The van der Waals surface area contributed by atoms with Crippen molar-refractivity contribution in [1.29, 1.82) is 5.26 Å². The van der Waals surface area contributed by atoms with Gasteiger partial charge in [-0.05, 0) is 55.3 Å². The maximum Gasteiger partial charge on any atom is 0.203 e. The molecule has 0 saturated heterocycles. The molecule has 22 heavy (non-hydrogen) atoms. The summed E-state index contributed by atoms with van der Waals surface area (Å²) in [7, 11) is 1.57. The van der Waals surface area contributed by atoms with Crippen LogP contribution in [-0.4, -0.2) is 12.9 Å². The molecule has 0 unspecified atom stereocenters. The first-order valence-corrected chi connectivity index (χ1v) is 6.93. The molecule has 0 atom stereocenters. The lowest BCUT2D eigenvalue weighted by molar-refractivity contribution is 0.104. The van der Waals surface area contributed by atoms with E-state index in [1.807, 2.05) is 38.1 Å². The van der Waals surface area contributed by atoms with Crippen molar-refractivity contribution in [2.24, 2.45) is 0 Å². The normalized spacial score (nSPS) is 10.9. The molecule has 0 saturated carbocycles. The molecule has 0 aliphatic carbocycles. The van der Waals surface area contributed by atoms with E-state index in [1.54, 1.807) is 37.5 Å². The van der Waals surface area contributed by atoms with Gasteiger partial charge in [0.25, 0.3) is 0 Å². The highest BCUT2D eigenvalue weighted by atomic mass is 16.5. The van der Waals surface area contributed by atoms with E-state index in [1.165, 1.54) is 0 Å². The summed E-state index contributed by atoms with van der Waals surface area (Å²) in [6.07, 6.45) is 1.64. The summed E-state index contributed by atoms with van der Waals surface area (Å²) in [6, 6.07) is 14.6. The summed E-state index contributed by atoms with van der Waals surface area (Å²) in [6.45, 7) is 3.97. The van der Waals surface area contributed by atoms with E-state index in [2.05, 4.69) is 0 Å². The third-order valence-electron chi connectivity index (χ3n) is 3.44. The summed E-state index contributed by atoms with van der Waals surface area (Å²) in [5, 5.41) is 9.30. The van der Waals surface area contributed by atoms with Gasteiger partial charge in [-0.15, -0.1) is 0 Å². The molecule has 110 valence electrons. The Balaban J connectivity index is 2.36. The van der Waals surface area contributed by atoms with E-state index >= 15 is 0 Å². The van der Waals surface area contributed by atoms with Crippen LogP contribution < -0.4 is 4.74 Å². The van der Waals surface area contributed by atoms with Crippen LogP contribution >= 0.6 is 0 Å². The number of carbonyl (C=O) groups excluding carboxylic acids is 1. The largest absolute Gasteiger partial charge is 0.497 e. The molecule has 2 aromatic carbocycles. The number of allylic oxidation sites excluding steroid dienone is 1. The number of Topliss-reactive ketones (excluding diaryl/α,β-unsaturated/α-hetero) is 1. The van der Waals surface area contributed by atoms with Gasteiger partial charge in [0.2, 0.25) is 5.78 Å². The predicted molar refractivity (Wildman–Crippen MR) is 86.8 cm³/mol. The SMILES string of the molecule is COc1ccc(C(=O)/C(C#N)=C/c2ccc(C)cc2C)cc1.